The van der Waals surface area contributed by atoms with Crippen LogP contribution in [-0.4, -0.2) is 36.3 Å². The molecule has 0 saturated carbocycles. The lowest BCUT2D eigenvalue weighted by Gasteiger charge is -2.27. The molecule has 3 rings (SSSR count). The first kappa shape index (κ1) is 12.4. The highest BCUT2D eigenvalue weighted by molar-refractivity contribution is 7.41. The van der Waals surface area contributed by atoms with Crippen molar-refractivity contribution < 1.29 is 4.74 Å². The molecule has 100 valence electrons. The third-order valence-corrected chi connectivity index (χ3v) is 4.99. The van der Waals surface area contributed by atoms with Gasteiger partial charge < -0.3 is 15.4 Å². The van der Waals surface area contributed by atoms with Gasteiger partial charge in [0.25, 0.3) is 0 Å². The smallest absolute Gasteiger partial charge is 0.343 e. The van der Waals surface area contributed by atoms with Crippen LogP contribution in [0.4, 0.5) is 10.9 Å². The highest BCUT2D eigenvalue weighted by atomic mass is 32.2. The number of aryl methyl sites for hydroxylation is 1. The predicted molar refractivity (Wildman–Crippen MR) is 78.0 cm³/mol. The van der Waals surface area contributed by atoms with E-state index in [-0.39, 0.29) is 10.5 Å². The molecule has 6 heteroatoms. The molecule has 0 radical (unpaired) electrons. The van der Waals surface area contributed by atoms with Gasteiger partial charge in [-0.05, 0) is 6.92 Å². The van der Waals surface area contributed by atoms with Crippen molar-refractivity contribution in [2.24, 2.45) is 0 Å². The molecule has 0 amide bonds. The number of nitrogen functional groups attached to an aromatic ring is 1. The summed E-state index contributed by atoms with van der Waals surface area (Å²) in [6, 6.07) is 4.14. The number of hydrogen-bond acceptors (Lipinski definition) is 5. The zero-order chi connectivity index (χ0) is 13.2. The van der Waals surface area contributed by atoms with Crippen LogP contribution < -0.4 is 10.6 Å². The quantitative estimate of drug-likeness (QED) is 0.850. The maximum absolute atomic E-state index is 5.99. The van der Waals surface area contributed by atoms with Gasteiger partial charge in [-0.15, -0.1) is 0 Å². The maximum Gasteiger partial charge on any atom is 0.343 e. The van der Waals surface area contributed by atoms with Crippen molar-refractivity contribution >= 4 is 21.4 Å². The molecule has 1 aliphatic rings. The second-order valence-corrected chi connectivity index (χ2v) is 6.30. The minimum atomic E-state index is -0.212. The first-order valence-electron chi connectivity index (χ1n) is 6.28. The Morgan fingerprint density at radius 1 is 1.37 bits per heavy atom. The first-order chi connectivity index (χ1) is 9.24. The Labute approximate surface area is 115 Å². The number of aromatic nitrogens is 2. The summed E-state index contributed by atoms with van der Waals surface area (Å²) in [6.07, 6.45) is 1.85. The van der Waals surface area contributed by atoms with Crippen molar-refractivity contribution in [3.05, 3.63) is 29.4 Å². The van der Waals surface area contributed by atoms with Crippen LogP contribution in [0.15, 0.2) is 23.7 Å². The predicted octanol–water partition coefficient (Wildman–Crippen LogP) is 1.94. The maximum atomic E-state index is 5.99. The van der Waals surface area contributed by atoms with E-state index in [0.29, 0.717) is 5.13 Å². The molecule has 1 unspecified atom stereocenters. The highest BCUT2D eigenvalue weighted by Crippen LogP contribution is 2.37. The summed E-state index contributed by atoms with van der Waals surface area (Å²) in [7, 11) is -0.212. The topological polar surface area (TPSA) is 64.3 Å². The Morgan fingerprint density at radius 3 is 2.84 bits per heavy atom. The Bertz CT molecular complexity index is 578. The van der Waals surface area contributed by atoms with Gasteiger partial charge >= 0.3 is 5.13 Å². The van der Waals surface area contributed by atoms with Crippen molar-refractivity contribution in [2.75, 3.05) is 36.9 Å². The number of pyridine rings is 1. The molecular formula is C13H17N4OS+. The third-order valence-electron chi connectivity index (χ3n) is 3.11. The van der Waals surface area contributed by atoms with Gasteiger partial charge in [-0.3, -0.25) is 0 Å². The molecule has 2 N–H and O–H groups in total. The third kappa shape index (κ3) is 2.54. The van der Waals surface area contributed by atoms with Gasteiger partial charge in [0.05, 0.1) is 29.4 Å². The molecule has 1 fully saturated rings. The number of thiazole rings is 1. The van der Waals surface area contributed by atoms with E-state index in [9.17, 15) is 0 Å². The highest BCUT2D eigenvalue weighted by Gasteiger charge is 2.20. The monoisotopic (exact) mass is 277 g/mol. The minimum absolute atomic E-state index is 0.212. The van der Waals surface area contributed by atoms with Crippen molar-refractivity contribution in [2.45, 2.75) is 6.92 Å². The average molecular weight is 277 g/mol. The first-order valence-corrected chi connectivity index (χ1v) is 7.57. The molecule has 1 atom stereocenters. The fourth-order valence-corrected chi connectivity index (χ4v) is 3.75. The molecule has 0 bridgehead atoms. The van der Waals surface area contributed by atoms with Crippen molar-refractivity contribution in [1.29, 1.82) is 0 Å². The molecule has 3 heterocycles. The fourth-order valence-electron chi connectivity index (χ4n) is 2.17. The van der Waals surface area contributed by atoms with Crippen LogP contribution >= 0.6 is 10.5 Å². The van der Waals surface area contributed by atoms with E-state index in [1.54, 1.807) is 0 Å². The van der Waals surface area contributed by atoms with Gasteiger partial charge in [-0.25, -0.2) is 4.98 Å². The number of anilines is 2. The number of nitrogens with zero attached hydrogens (tertiary/aromatic N) is 3. The summed E-state index contributed by atoms with van der Waals surface area (Å²) in [5, 5.41) is 2.81. The molecule has 5 nitrogen and oxygen atoms in total. The molecule has 1 saturated heterocycles. The van der Waals surface area contributed by atoms with Crippen LogP contribution in [-0.2, 0) is 4.74 Å². The van der Waals surface area contributed by atoms with Crippen LogP contribution in [0, 0.1) is 6.92 Å². The SMILES string of the molecule is Cc1c[s+](-c2ccnc(N3CCOCC3)c2)c(N)n1. The summed E-state index contributed by atoms with van der Waals surface area (Å²) in [6.45, 7) is 5.29. The van der Waals surface area contributed by atoms with Crippen molar-refractivity contribution in [3.63, 3.8) is 0 Å². The average Bonchev–Trinajstić information content (AvgIpc) is 2.79. The van der Waals surface area contributed by atoms with Gasteiger partial charge in [0.15, 0.2) is 10.3 Å². The van der Waals surface area contributed by atoms with E-state index in [2.05, 4.69) is 26.3 Å². The molecule has 0 spiro atoms. The van der Waals surface area contributed by atoms with Gasteiger partial charge in [-0.1, -0.05) is 0 Å². The van der Waals surface area contributed by atoms with E-state index in [1.165, 1.54) is 4.90 Å². The lowest BCUT2D eigenvalue weighted by Crippen LogP contribution is -2.36. The molecule has 19 heavy (non-hydrogen) atoms. The second-order valence-electron chi connectivity index (χ2n) is 4.50. The van der Waals surface area contributed by atoms with Crippen LogP contribution in [0.2, 0.25) is 0 Å². The zero-order valence-electron chi connectivity index (χ0n) is 10.9. The number of nitrogens with two attached hydrogens (primary N) is 1. The molecule has 0 aromatic carbocycles. The van der Waals surface area contributed by atoms with E-state index >= 15 is 0 Å². The van der Waals surface area contributed by atoms with E-state index in [1.807, 2.05) is 19.2 Å². The Hall–Kier alpha value is -1.66. The summed E-state index contributed by atoms with van der Waals surface area (Å²) in [4.78, 5) is 12.2. The molecule has 2 aromatic heterocycles. The number of rotatable bonds is 2. The summed E-state index contributed by atoms with van der Waals surface area (Å²) >= 11 is 0. The standard InChI is InChI=1S/C13H17N4OS/c1-10-9-19(13(14)16-10)11-2-3-15-12(8-11)17-4-6-18-7-5-17/h2-3,8-9H,4-7H2,1H3,(H2,14,16)/q+1. The van der Waals surface area contributed by atoms with E-state index in [0.717, 1.165) is 37.8 Å². The van der Waals surface area contributed by atoms with Gasteiger partial charge in [-0.2, -0.15) is 4.98 Å². The summed E-state index contributed by atoms with van der Waals surface area (Å²) in [5.41, 5.74) is 6.98. The lowest BCUT2D eigenvalue weighted by atomic mass is 10.4. The fraction of sp³-hybridized carbons (Fsp3) is 0.385. The Balaban J connectivity index is 1.93. The molecule has 0 aliphatic carbocycles. The Kier molecular flexibility index (Phi) is 3.35. The number of morpholine rings is 1. The minimum Gasteiger partial charge on any atom is -0.378 e. The Morgan fingerprint density at radius 2 is 2.16 bits per heavy atom. The number of hydrogen-bond donors (Lipinski definition) is 1. The van der Waals surface area contributed by atoms with Crippen LogP contribution in [0.5, 0.6) is 0 Å². The largest absolute Gasteiger partial charge is 0.378 e. The normalized spacial score (nSPS) is 16.7. The van der Waals surface area contributed by atoms with Gasteiger partial charge in [0.2, 0.25) is 0 Å². The van der Waals surface area contributed by atoms with Crippen molar-refractivity contribution in [3.8, 4) is 4.90 Å². The zero-order valence-corrected chi connectivity index (χ0v) is 11.7. The summed E-state index contributed by atoms with van der Waals surface area (Å²) < 4.78 is 5.37. The summed E-state index contributed by atoms with van der Waals surface area (Å²) in [5.74, 6) is 0.999. The van der Waals surface area contributed by atoms with Crippen LogP contribution in [0.1, 0.15) is 5.69 Å². The number of ether oxygens (including phenoxy) is 1. The molecule has 2 aromatic rings. The van der Waals surface area contributed by atoms with Crippen LogP contribution in [0.25, 0.3) is 4.90 Å². The molecule has 1 aliphatic heterocycles. The lowest BCUT2D eigenvalue weighted by molar-refractivity contribution is 0.122. The van der Waals surface area contributed by atoms with Gasteiger partial charge in [0.1, 0.15) is 5.82 Å². The van der Waals surface area contributed by atoms with Crippen molar-refractivity contribution in [1.82, 2.24) is 9.97 Å². The van der Waals surface area contributed by atoms with E-state index < -0.39 is 0 Å². The van der Waals surface area contributed by atoms with Gasteiger partial charge in [0, 0.05) is 31.4 Å². The van der Waals surface area contributed by atoms with Crippen LogP contribution in [0.3, 0.4) is 0 Å². The van der Waals surface area contributed by atoms with E-state index in [4.69, 9.17) is 10.5 Å². The second kappa shape index (κ2) is 5.14. The molecular weight excluding hydrogens is 260 g/mol.